The number of alkyl halides is 2. The first-order chi connectivity index (χ1) is 21.4. The molecule has 14 heteroatoms. The first-order valence-electron chi connectivity index (χ1n) is 15.0. The maximum atomic E-state index is 14.8. The van der Waals surface area contributed by atoms with Gasteiger partial charge >= 0.3 is 0 Å². The SMILES string of the molecule is COc1cc(N2CCN(C3COC3)CC2)ccc1Nc1ncc(C(C)(F)F)c(NC2Cc3ccccc3C2N(C)S(C)(=O)=O)n1. The molecular weight excluding hydrogens is 604 g/mol. The minimum Gasteiger partial charge on any atom is -0.494 e. The summed E-state index contributed by atoms with van der Waals surface area (Å²) < 4.78 is 67.1. The van der Waals surface area contributed by atoms with Crippen molar-refractivity contribution >= 4 is 33.2 Å². The number of methoxy groups -OCH3 is 1. The highest BCUT2D eigenvalue weighted by molar-refractivity contribution is 7.88. The number of halogens is 2. The van der Waals surface area contributed by atoms with Crippen molar-refractivity contribution in [1.29, 1.82) is 0 Å². The summed E-state index contributed by atoms with van der Waals surface area (Å²) in [6.45, 7) is 6.08. The van der Waals surface area contributed by atoms with Gasteiger partial charge in [0, 0.05) is 58.1 Å². The average Bonchev–Trinajstić information content (AvgIpc) is 3.33. The molecule has 11 nitrogen and oxygen atoms in total. The van der Waals surface area contributed by atoms with Crippen molar-refractivity contribution in [3.63, 3.8) is 0 Å². The van der Waals surface area contributed by atoms with E-state index in [0.29, 0.717) is 23.9 Å². The number of aromatic nitrogens is 2. The van der Waals surface area contributed by atoms with Crippen molar-refractivity contribution in [3.05, 3.63) is 65.4 Å². The summed E-state index contributed by atoms with van der Waals surface area (Å²) >= 11 is 0. The fourth-order valence-corrected chi connectivity index (χ4v) is 6.96. The molecular formula is C31H39F2N7O4S. The summed E-state index contributed by atoms with van der Waals surface area (Å²) in [6, 6.07) is 12.7. The van der Waals surface area contributed by atoms with Gasteiger partial charge in [-0.2, -0.15) is 9.29 Å². The normalized spacial score (nSPS) is 21.0. The molecule has 3 aromatic rings. The Labute approximate surface area is 262 Å². The van der Waals surface area contributed by atoms with Gasteiger partial charge < -0.3 is 25.0 Å². The highest BCUT2D eigenvalue weighted by Gasteiger charge is 2.40. The molecule has 242 valence electrons. The van der Waals surface area contributed by atoms with E-state index in [2.05, 4.69) is 30.4 Å². The molecule has 45 heavy (non-hydrogen) atoms. The second-order valence-corrected chi connectivity index (χ2v) is 14.0. The number of rotatable bonds is 10. The Hall–Kier alpha value is -3.59. The lowest BCUT2D eigenvalue weighted by Crippen LogP contribution is -2.56. The molecule has 6 rings (SSSR count). The van der Waals surface area contributed by atoms with Crippen LogP contribution in [0, 0.1) is 0 Å². The largest absolute Gasteiger partial charge is 0.494 e. The van der Waals surface area contributed by atoms with Gasteiger partial charge in [0.2, 0.25) is 16.0 Å². The number of ether oxygens (including phenoxy) is 2. The molecule has 0 saturated carbocycles. The van der Waals surface area contributed by atoms with E-state index < -0.39 is 28.0 Å². The van der Waals surface area contributed by atoms with Crippen LogP contribution >= 0.6 is 0 Å². The van der Waals surface area contributed by atoms with Crippen LogP contribution in [0.5, 0.6) is 5.75 Å². The van der Waals surface area contributed by atoms with Gasteiger partial charge in [-0.15, -0.1) is 0 Å². The minimum absolute atomic E-state index is 0.0740. The number of sulfonamides is 1. The maximum Gasteiger partial charge on any atom is 0.275 e. The van der Waals surface area contributed by atoms with Crippen LogP contribution in [0.15, 0.2) is 48.7 Å². The topological polar surface area (TPSA) is 112 Å². The number of fused-ring (bicyclic) bond motifs is 1. The number of likely N-dealkylation sites (N-methyl/N-ethyl adjacent to an activating group) is 1. The van der Waals surface area contributed by atoms with Crippen LogP contribution in [0.4, 0.5) is 31.9 Å². The second-order valence-electron chi connectivity index (χ2n) is 11.9. The van der Waals surface area contributed by atoms with Crippen LogP contribution in [-0.2, 0) is 27.1 Å². The number of nitrogens with one attached hydrogen (secondary N) is 2. The molecule has 2 aromatic carbocycles. The highest BCUT2D eigenvalue weighted by atomic mass is 32.2. The second kappa shape index (κ2) is 12.3. The standard InChI is InChI=1S/C31H39F2N7O4S/c1-31(32,33)24-17-34-30(37-29(24)35-26-15-20-7-5-6-8-23(20)28(26)38(2)45(4,41)42)36-25-10-9-21(16-27(25)43-3)39-11-13-40(14-12-39)22-18-44-19-22/h5-10,16-17,22,26,28H,11-15,18-19H2,1-4H3,(H2,34,35,36,37). The van der Waals surface area contributed by atoms with Gasteiger partial charge in [-0.05, 0) is 29.7 Å². The van der Waals surface area contributed by atoms with E-state index in [9.17, 15) is 17.2 Å². The molecule has 0 amide bonds. The fourth-order valence-electron chi connectivity index (χ4n) is 6.29. The molecule has 1 aromatic heterocycles. The molecule has 1 aliphatic carbocycles. The predicted molar refractivity (Wildman–Crippen MR) is 169 cm³/mol. The third-order valence-electron chi connectivity index (χ3n) is 8.94. The Morgan fingerprint density at radius 1 is 1.11 bits per heavy atom. The van der Waals surface area contributed by atoms with E-state index in [-0.39, 0.29) is 17.3 Å². The summed E-state index contributed by atoms with van der Waals surface area (Å²) in [5.41, 5.74) is 2.98. The molecule has 2 fully saturated rings. The van der Waals surface area contributed by atoms with E-state index in [1.807, 2.05) is 42.5 Å². The van der Waals surface area contributed by atoms with Crippen LogP contribution in [-0.4, -0.2) is 99.5 Å². The number of piperazine rings is 1. The zero-order valence-corrected chi connectivity index (χ0v) is 26.7. The van der Waals surface area contributed by atoms with Gasteiger partial charge in [0.05, 0.1) is 56.0 Å². The van der Waals surface area contributed by atoms with Crippen molar-refractivity contribution < 1.29 is 26.7 Å². The molecule has 0 spiro atoms. The van der Waals surface area contributed by atoms with Crippen molar-refractivity contribution in [2.75, 3.05) is 75.3 Å². The smallest absolute Gasteiger partial charge is 0.275 e. The molecule has 2 N–H and O–H groups in total. The summed E-state index contributed by atoms with van der Waals surface area (Å²) in [5.74, 6) is -2.67. The van der Waals surface area contributed by atoms with E-state index >= 15 is 0 Å². The zero-order chi connectivity index (χ0) is 31.9. The summed E-state index contributed by atoms with van der Waals surface area (Å²) in [6.07, 6.45) is 2.66. The van der Waals surface area contributed by atoms with Gasteiger partial charge in [-0.1, -0.05) is 24.3 Å². The molecule has 2 unspecified atom stereocenters. The van der Waals surface area contributed by atoms with Crippen LogP contribution < -0.4 is 20.3 Å². The van der Waals surface area contributed by atoms with Crippen molar-refractivity contribution in [2.45, 2.75) is 37.4 Å². The number of nitrogens with zero attached hydrogens (tertiary/aromatic N) is 5. The number of anilines is 4. The highest BCUT2D eigenvalue weighted by Crippen LogP contribution is 2.40. The summed E-state index contributed by atoms with van der Waals surface area (Å²) in [4.78, 5) is 13.5. The van der Waals surface area contributed by atoms with Crippen LogP contribution in [0.2, 0.25) is 0 Å². The Kier molecular flexibility index (Phi) is 8.59. The predicted octanol–water partition coefficient (Wildman–Crippen LogP) is 3.83. The number of benzene rings is 2. The quantitative estimate of drug-likeness (QED) is 0.338. The van der Waals surface area contributed by atoms with Gasteiger partial charge in [0.1, 0.15) is 11.6 Å². The van der Waals surface area contributed by atoms with Crippen LogP contribution in [0.25, 0.3) is 0 Å². The van der Waals surface area contributed by atoms with Crippen LogP contribution in [0.1, 0.15) is 29.7 Å². The van der Waals surface area contributed by atoms with E-state index in [1.54, 1.807) is 7.11 Å². The first-order valence-corrected chi connectivity index (χ1v) is 16.8. The lowest BCUT2D eigenvalue weighted by Gasteiger charge is -2.43. The zero-order valence-electron chi connectivity index (χ0n) is 25.8. The Morgan fingerprint density at radius 2 is 1.84 bits per heavy atom. The Bertz CT molecular complexity index is 1640. The Morgan fingerprint density at radius 3 is 2.49 bits per heavy atom. The monoisotopic (exact) mass is 643 g/mol. The molecule has 0 bridgehead atoms. The van der Waals surface area contributed by atoms with Gasteiger partial charge in [0.15, 0.2) is 0 Å². The summed E-state index contributed by atoms with van der Waals surface area (Å²) in [5, 5.41) is 6.30. The fraction of sp³-hybridized carbons (Fsp3) is 0.484. The van der Waals surface area contributed by atoms with Crippen molar-refractivity contribution in [3.8, 4) is 5.75 Å². The minimum atomic E-state index is -3.59. The molecule has 3 heterocycles. The van der Waals surface area contributed by atoms with E-state index in [1.165, 1.54) is 11.4 Å². The molecule has 2 atom stereocenters. The van der Waals surface area contributed by atoms with Gasteiger partial charge in [-0.25, -0.2) is 22.2 Å². The molecule has 3 aliphatic rings. The molecule has 0 radical (unpaired) electrons. The van der Waals surface area contributed by atoms with Crippen LogP contribution in [0.3, 0.4) is 0 Å². The average molecular weight is 644 g/mol. The third-order valence-corrected chi connectivity index (χ3v) is 10.2. The number of hydrogen-bond donors (Lipinski definition) is 2. The van der Waals surface area contributed by atoms with E-state index in [4.69, 9.17) is 9.47 Å². The van der Waals surface area contributed by atoms with Crippen molar-refractivity contribution in [2.24, 2.45) is 0 Å². The lowest BCUT2D eigenvalue weighted by molar-refractivity contribution is -0.0660. The van der Waals surface area contributed by atoms with Gasteiger partial charge in [-0.3, -0.25) is 4.90 Å². The first kappa shape index (κ1) is 31.4. The molecule has 2 aliphatic heterocycles. The van der Waals surface area contributed by atoms with Crippen molar-refractivity contribution in [1.82, 2.24) is 19.2 Å². The van der Waals surface area contributed by atoms with Gasteiger partial charge in [0.25, 0.3) is 5.92 Å². The summed E-state index contributed by atoms with van der Waals surface area (Å²) in [7, 11) is -0.520. The third kappa shape index (κ3) is 6.55. The Balaban J connectivity index is 1.24. The number of hydrogen-bond acceptors (Lipinski definition) is 10. The maximum absolute atomic E-state index is 14.8. The molecule has 2 saturated heterocycles. The lowest BCUT2D eigenvalue weighted by atomic mass is 10.1. The van der Waals surface area contributed by atoms with E-state index in [0.717, 1.165) is 75.6 Å².